The van der Waals surface area contributed by atoms with Gasteiger partial charge < -0.3 is 10.2 Å². The zero-order valence-corrected chi connectivity index (χ0v) is 14.5. The quantitative estimate of drug-likeness (QED) is 0.843. The Morgan fingerprint density at radius 1 is 1.24 bits per heavy atom. The van der Waals surface area contributed by atoms with Crippen molar-refractivity contribution in [2.45, 2.75) is 12.6 Å². The number of amides is 2. The highest BCUT2D eigenvalue weighted by Gasteiger charge is 2.30. The van der Waals surface area contributed by atoms with E-state index in [1.807, 2.05) is 42.3 Å². The van der Waals surface area contributed by atoms with Gasteiger partial charge in [-0.25, -0.2) is 14.8 Å². The third-order valence-electron chi connectivity index (χ3n) is 4.57. The van der Waals surface area contributed by atoms with E-state index in [1.54, 1.807) is 11.1 Å². The van der Waals surface area contributed by atoms with Crippen LogP contribution in [0.4, 0.5) is 16.4 Å². The molecule has 0 spiro atoms. The van der Waals surface area contributed by atoms with Crippen LogP contribution in [0.3, 0.4) is 0 Å². The first-order chi connectivity index (χ1) is 12.1. The van der Waals surface area contributed by atoms with Crippen molar-refractivity contribution >= 4 is 17.7 Å². The number of nitrogens with zero attached hydrogens (tertiary/aromatic N) is 7. The molecule has 2 saturated heterocycles. The minimum absolute atomic E-state index is 0.0454. The maximum absolute atomic E-state index is 11.7. The van der Waals surface area contributed by atoms with Gasteiger partial charge in [0.25, 0.3) is 0 Å². The summed E-state index contributed by atoms with van der Waals surface area (Å²) in [4.78, 5) is 26.4. The average molecular weight is 342 g/mol. The standard InChI is InChI=1S/C16H22N8O/c1-21(2)15-18-5-12(6-19-15)8-22-9-14(10-22)24-11-13(7-20-24)23-4-3-17-16(23)25/h5-7,11,14H,3-4,8-10H2,1-2H3,(H,17,25). The highest BCUT2D eigenvalue weighted by atomic mass is 16.2. The molecular formula is C16H22N8O. The van der Waals surface area contributed by atoms with Crippen molar-refractivity contribution in [3.63, 3.8) is 0 Å². The lowest BCUT2D eigenvalue weighted by molar-refractivity contribution is 0.0907. The Morgan fingerprint density at radius 3 is 2.64 bits per heavy atom. The zero-order chi connectivity index (χ0) is 17.4. The second-order valence-corrected chi connectivity index (χ2v) is 6.70. The number of hydrogen-bond donors (Lipinski definition) is 1. The molecule has 0 radical (unpaired) electrons. The van der Waals surface area contributed by atoms with Gasteiger partial charge in [-0.3, -0.25) is 14.5 Å². The molecule has 2 aliphatic heterocycles. The third kappa shape index (κ3) is 3.14. The average Bonchev–Trinajstić information content (AvgIpc) is 3.19. The number of hydrogen-bond acceptors (Lipinski definition) is 6. The van der Waals surface area contributed by atoms with Crippen LogP contribution in [0.15, 0.2) is 24.8 Å². The zero-order valence-electron chi connectivity index (χ0n) is 14.5. The predicted molar refractivity (Wildman–Crippen MR) is 93.6 cm³/mol. The van der Waals surface area contributed by atoms with Gasteiger partial charge in [0.1, 0.15) is 0 Å². The van der Waals surface area contributed by atoms with E-state index in [0.717, 1.165) is 36.8 Å². The molecule has 0 aliphatic carbocycles. The third-order valence-corrected chi connectivity index (χ3v) is 4.57. The van der Waals surface area contributed by atoms with E-state index in [2.05, 4.69) is 25.3 Å². The second kappa shape index (κ2) is 6.32. The Bertz CT molecular complexity index is 750. The van der Waals surface area contributed by atoms with E-state index in [9.17, 15) is 4.79 Å². The molecule has 2 aromatic rings. The summed E-state index contributed by atoms with van der Waals surface area (Å²) < 4.78 is 1.96. The van der Waals surface area contributed by atoms with Gasteiger partial charge in [0, 0.05) is 71.0 Å². The Kier molecular flexibility index (Phi) is 4.00. The van der Waals surface area contributed by atoms with Gasteiger partial charge in [0.2, 0.25) is 5.95 Å². The Hall–Kier alpha value is -2.68. The normalized spacial score (nSPS) is 18.3. The van der Waals surface area contributed by atoms with Crippen LogP contribution in [0.2, 0.25) is 0 Å². The van der Waals surface area contributed by atoms with Crippen LogP contribution in [0.1, 0.15) is 11.6 Å². The lowest BCUT2D eigenvalue weighted by atomic mass is 10.1. The molecule has 2 aliphatic rings. The van der Waals surface area contributed by atoms with E-state index in [0.29, 0.717) is 19.1 Å². The monoisotopic (exact) mass is 342 g/mol. The fraction of sp³-hybridized carbons (Fsp3) is 0.500. The smallest absolute Gasteiger partial charge is 0.322 e. The van der Waals surface area contributed by atoms with Gasteiger partial charge in [-0.2, -0.15) is 5.10 Å². The van der Waals surface area contributed by atoms with Crippen molar-refractivity contribution in [1.82, 2.24) is 30.0 Å². The maximum atomic E-state index is 11.7. The van der Waals surface area contributed by atoms with E-state index in [-0.39, 0.29) is 6.03 Å². The number of rotatable bonds is 5. The number of aromatic nitrogens is 4. The van der Waals surface area contributed by atoms with Gasteiger partial charge >= 0.3 is 6.03 Å². The summed E-state index contributed by atoms with van der Waals surface area (Å²) in [5.74, 6) is 0.722. The van der Waals surface area contributed by atoms with Gasteiger partial charge in [0.05, 0.1) is 17.9 Å². The molecule has 132 valence electrons. The summed E-state index contributed by atoms with van der Waals surface area (Å²) >= 11 is 0. The summed E-state index contributed by atoms with van der Waals surface area (Å²) in [5.41, 5.74) is 1.97. The first-order valence-corrected chi connectivity index (χ1v) is 8.40. The Morgan fingerprint density at radius 2 is 2.00 bits per heavy atom. The lowest BCUT2D eigenvalue weighted by Gasteiger charge is -2.39. The van der Waals surface area contributed by atoms with Crippen LogP contribution in [0, 0.1) is 0 Å². The molecule has 25 heavy (non-hydrogen) atoms. The molecule has 2 aromatic heterocycles. The molecule has 0 aromatic carbocycles. The SMILES string of the molecule is CN(C)c1ncc(CN2CC(n3cc(N4CCNC4=O)cn3)C2)cn1. The molecule has 9 nitrogen and oxygen atoms in total. The Balaban J connectivity index is 1.31. The second-order valence-electron chi connectivity index (χ2n) is 6.70. The molecule has 0 saturated carbocycles. The van der Waals surface area contributed by atoms with E-state index >= 15 is 0 Å². The molecule has 2 amide bonds. The van der Waals surface area contributed by atoms with Crippen molar-refractivity contribution < 1.29 is 4.79 Å². The number of carbonyl (C=O) groups is 1. The molecule has 0 atom stereocenters. The van der Waals surface area contributed by atoms with Crippen molar-refractivity contribution in [3.8, 4) is 0 Å². The first-order valence-electron chi connectivity index (χ1n) is 8.40. The molecule has 9 heteroatoms. The van der Waals surface area contributed by atoms with Crippen LogP contribution in [-0.4, -0.2) is 71.0 Å². The van der Waals surface area contributed by atoms with Crippen molar-refractivity contribution in [2.75, 3.05) is 50.1 Å². The van der Waals surface area contributed by atoms with Crippen molar-refractivity contribution in [3.05, 3.63) is 30.4 Å². The fourth-order valence-electron chi connectivity index (χ4n) is 3.14. The van der Waals surface area contributed by atoms with Gasteiger partial charge in [0.15, 0.2) is 0 Å². The summed E-state index contributed by atoms with van der Waals surface area (Å²) in [5, 5.41) is 7.23. The highest BCUT2D eigenvalue weighted by molar-refractivity contribution is 5.93. The molecule has 4 heterocycles. The molecule has 1 N–H and O–H groups in total. The highest BCUT2D eigenvalue weighted by Crippen LogP contribution is 2.25. The minimum Gasteiger partial charge on any atom is -0.347 e. The van der Waals surface area contributed by atoms with E-state index < -0.39 is 0 Å². The summed E-state index contributed by atoms with van der Waals surface area (Å²) in [6, 6.07) is 0.303. The predicted octanol–water partition coefficient (Wildman–Crippen LogP) is 0.326. The summed E-state index contributed by atoms with van der Waals surface area (Å²) in [7, 11) is 3.86. The number of nitrogens with one attached hydrogen (secondary N) is 1. The number of carbonyl (C=O) groups excluding carboxylic acids is 1. The van der Waals surface area contributed by atoms with E-state index in [1.165, 1.54) is 0 Å². The van der Waals surface area contributed by atoms with Crippen LogP contribution in [0.5, 0.6) is 0 Å². The number of anilines is 2. The summed E-state index contributed by atoms with van der Waals surface area (Å²) in [6.45, 7) is 4.10. The maximum Gasteiger partial charge on any atom is 0.322 e. The molecule has 2 fully saturated rings. The first kappa shape index (κ1) is 15.8. The van der Waals surface area contributed by atoms with E-state index in [4.69, 9.17) is 0 Å². The summed E-state index contributed by atoms with van der Waals surface area (Å²) in [6.07, 6.45) is 7.49. The minimum atomic E-state index is -0.0454. The molecular weight excluding hydrogens is 320 g/mol. The lowest BCUT2D eigenvalue weighted by Crippen LogP contribution is -2.47. The van der Waals surface area contributed by atoms with Crippen LogP contribution >= 0.6 is 0 Å². The molecule has 0 bridgehead atoms. The van der Waals surface area contributed by atoms with Crippen LogP contribution in [0.25, 0.3) is 0 Å². The van der Waals surface area contributed by atoms with Crippen LogP contribution in [-0.2, 0) is 6.54 Å². The van der Waals surface area contributed by atoms with Crippen LogP contribution < -0.4 is 15.1 Å². The van der Waals surface area contributed by atoms with Crippen molar-refractivity contribution in [1.29, 1.82) is 0 Å². The fourth-order valence-corrected chi connectivity index (χ4v) is 3.14. The van der Waals surface area contributed by atoms with Gasteiger partial charge in [-0.05, 0) is 0 Å². The number of likely N-dealkylation sites (tertiary alicyclic amines) is 1. The largest absolute Gasteiger partial charge is 0.347 e. The van der Waals surface area contributed by atoms with Gasteiger partial charge in [-0.15, -0.1) is 0 Å². The topological polar surface area (TPSA) is 82.4 Å². The van der Waals surface area contributed by atoms with Gasteiger partial charge in [-0.1, -0.05) is 0 Å². The number of urea groups is 1. The van der Waals surface area contributed by atoms with Crippen molar-refractivity contribution in [2.24, 2.45) is 0 Å². The molecule has 4 rings (SSSR count). The Labute approximate surface area is 146 Å². The molecule has 0 unspecified atom stereocenters.